The van der Waals surface area contributed by atoms with E-state index < -0.39 is 0 Å². The van der Waals surface area contributed by atoms with Crippen LogP contribution in [-0.4, -0.2) is 26.8 Å². The number of thiocarbonyl (C=S) groups is 1. The third kappa shape index (κ3) is 3.36. The van der Waals surface area contributed by atoms with Crippen molar-refractivity contribution in [2.45, 2.75) is 19.8 Å². The van der Waals surface area contributed by atoms with Gasteiger partial charge in [-0.2, -0.15) is 0 Å². The van der Waals surface area contributed by atoms with E-state index in [4.69, 9.17) is 12.2 Å². The lowest BCUT2D eigenvalue weighted by molar-refractivity contribution is -0.122. The van der Waals surface area contributed by atoms with E-state index in [2.05, 4.69) is 6.92 Å². The summed E-state index contributed by atoms with van der Waals surface area (Å²) >= 11 is 6.55. The molecule has 1 fully saturated rings. The standard InChI is InChI=1S/C14H15NO2S2/c1-2-3-7-15-13(17)12(19-14(15)18)9-10-5-4-6-11(16)8-10/h4-6,8-9,16H,2-3,7H2,1H3/b12-9-. The zero-order chi connectivity index (χ0) is 13.8. The largest absolute Gasteiger partial charge is 0.508 e. The normalized spacial score (nSPS) is 17.5. The first-order chi connectivity index (χ1) is 9.11. The zero-order valence-electron chi connectivity index (χ0n) is 10.6. The van der Waals surface area contributed by atoms with Gasteiger partial charge >= 0.3 is 0 Å². The summed E-state index contributed by atoms with van der Waals surface area (Å²) in [5.74, 6) is 0.155. The molecule has 0 bridgehead atoms. The quantitative estimate of drug-likeness (QED) is 0.682. The Kier molecular flexibility index (Phi) is 4.61. The Labute approximate surface area is 122 Å². The Bertz CT molecular complexity index is 540. The molecule has 0 atom stereocenters. The fourth-order valence-corrected chi connectivity index (χ4v) is 3.08. The summed E-state index contributed by atoms with van der Waals surface area (Å²) in [6.07, 6.45) is 3.75. The molecule has 2 rings (SSSR count). The molecule has 0 aliphatic carbocycles. The van der Waals surface area contributed by atoms with E-state index in [1.807, 2.05) is 6.07 Å². The molecule has 3 nitrogen and oxygen atoms in total. The molecule has 1 aliphatic heterocycles. The Morgan fingerprint density at radius 3 is 2.95 bits per heavy atom. The molecule has 1 saturated heterocycles. The van der Waals surface area contributed by atoms with Crippen LogP contribution in [-0.2, 0) is 4.79 Å². The van der Waals surface area contributed by atoms with Crippen LogP contribution >= 0.6 is 24.0 Å². The van der Waals surface area contributed by atoms with Gasteiger partial charge in [-0.15, -0.1) is 0 Å². The van der Waals surface area contributed by atoms with Crippen LogP contribution in [0.15, 0.2) is 29.2 Å². The molecule has 100 valence electrons. The second kappa shape index (κ2) is 6.21. The number of carbonyl (C=O) groups is 1. The van der Waals surface area contributed by atoms with Crippen molar-refractivity contribution in [1.29, 1.82) is 0 Å². The predicted octanol–water partition coefficient (Wildman–Crippen LogP) is 3.39. The van der Waals surface area contributed by atoms with E-state index >= 15 is 0 Å². The van der Waals surface area contributed by atoms with E-state index in [0.717, 1.165) is 18.4 Å². The van der Waals surface area contributed by atoms with Gasteiger partial charge in [0.2, 0.25) is 0 Å². The molecule has 1 aliphatic rings. The zero-order valence-corrected chi connectivity index (χ0v) is 12.3. The summed E-state index contributed by atoms with van der Waals surface area (Å²) in [4.78, 5) is 14.5. The first-order valence-electron chi connectivity index (χ1n) is 6.16. The SMILES string of the molecule is CCCCN1C(=O)/C(=C/c2cccc(O)c2)SC1=S. The highest BCUT2D eigenvalue weighted by Crippen LogP contribution is 2.33. The minimum atomic E-state index is -0.0354. The highest BCUT2D eigenvalue weighted by atomic mass is 32.2. The fourth-order valence-electron chi connectivity index (χ4n) is 1.77. The first kappa shape index (κ1) is 14.1. The summed E-state index contributed by atoms with van der Waals surface area (Å²) in [6, 6.07) is 6.82. The number of carbonyl (C=O) groups excluding carboxylic acids is 1. The van der Waals surface area contributed by atoms with Crippen molar-refractivity contribution in [2.24, 2.45) is 0 Å². The molecule has 19 heavy (non-hydrogen) atoms. The first-order valence-corrected chi connectivity index (χ1v) is 7.38. The molecular weight excluding hydrogens is 278 g/mol. The minimum absolute atomic E-state index is 0.0354. The van der Waals surface area contributed by atoms with Gasteiger partial charge in [-0.3, -0.25) is 9.69 Å². The number of aromatic hydroxyl groups is 1. The third-order valence-corrected chi connectivity index (χ3v) is 4.15. The summed E-state index contributed by atoms with van der Waals surface area (Å²) in [6.45, 7) is 2.76. The van der Waals surface area contributed by atoms with Crippen LogP contribution < -0.4 is 0 Å². The topological polar surface area (TPSA) is 40.5 Å². The van der Waals surface area contributed by atoms with Crippen LogP contribution in [0, 0.1) is 0 Å². The second-order valence-electron chi connectivity index (χ2n) is 4.28. The number of thioether (sulfide) groups is 1. The number of benzene rings is 1. The van der Waals surface area contributed by atoms with Crippen molar-refractivity contribution < 1.29 is 9.90 Å². The van der Waals surface area contributed by atoms with Gasteiger partial charge in [0.15, 0.2) is 0 Å². The Morgan fingerprint density at radius 1 is 1.47 bits per heavy atom. The van der Waals surface area contributed by atoms with E-state index in [0.29, 0.717) is 15.8 Å². The molecule has 1 N–H and O–H groups in total. The maximum absolute atomic E-state index is 12.2. The average molecular weight is 293 g/mol. The van der Waals surface area contributed by atoms with Gasteiger partial charge in [0, 0.05) is 6.54 Å². The van der Waals surface area contributed by atoms with Crippen molar-refractivity contribution in [3.05, 3.63) is 34.7 Å². The predicted molar refractivity (Wildman–Crippen MR) is 82.9 cm³/mol. The van der Waals surface area contributed by atoms with Crippen LogP contribution in [0.2, 0.25) is 0 Å². The number of hydrogen-bond acceptors (Lipinski definition) is 4. The van der Waals surface area contributed by atoms with Crippen LogP contribution in [0.1, 0.15) is 25.3 Å². The Morgan fingerprint density at radius 2 is 2.26 bits per heavy atom. The number of hydrogen-bond donors (Lipinski definition) is 1. The number of rotatable bonds is 4. The van der Waals surface area contributed by atoms with Crippen LogP contribution in [0.3, 0.4) is 0 Å². The van der Waals surface area contributed by atoms with Gasteiger partial charge in [-0.05, 0) is 30.2 Å². The lowest BCUT2D eigenvalue weighted by Gasteiger charge is -2.12. The average Bonchev–Trinajstić information content (AvgIpc) is 2.62. The van der Waals surface area contributed by atoms with E-state index in [9.17, 15) is 9.90 Å². The number of amides is 1. The van der Waals surface area contributed by atoms with Gasteiger partial charge in [0.05, 0.1) is 4.91 Å². The second-order valence-corrected chi connectivity index (χ2v) is 5.96. The maximum atomic E-state index is 12.2. The van der Waals surface area contributed by atoms with Crippen LogP contribution in [0.4, 0.5) is 0 Å². The highest BCUT2D eigenvalue weighted by Gasteiger charge is 2.31. The molecule has 1 amide bonds. The molecule has 0 saturated carbocycles. The Hall–Kier alpha value is -1.33. The maximum Gasteiger partial charge on any atom is 0.266 e. The summed E-state index contributed by atoms with van der Waals surface area (Å²) in [7, 11) is 0. The molecule has 1 aromatic carbocycles. The molecular formula is C14H15NO2S2. The van der Waals surface area contributed by atoms with Gasteiger partial charge in [0.1, 0.15) is 10.1 Å². The smallest absolute Gasteiger partial charge is 0.266 e. The van der Waals surface area contributed by atoms with Crippen LogP contribution in [0.5, 0.6) is 5.75 Å². The number of nitrogens with zero attached hydrogens (tertiary/aromatic N) is 1. The van der Waals surface area contributed by atoms with Crippen molar-refractivity contribution in [1.82, 2.24) is 4.90 Å². The minimum Gasteiger partial charge on any atom is -0.508 e. The van der Waals surface area contributed by atoms with E-state index in [1.54, 1.807) is 29.2 Å². The monoisotopic (exact) mass is 293 g/mol. The lowest BCUT2D eigenvalue weighted by Crippen LogP contribution is -2.28. The van der Waals surface area contributed by atoms with Crippen LogP contribution in [0.25, 0.3) is 6.08 Å². The van der Waals surface area contributed by atoms with Crippen molar-refractivity contribution in [2.75, 3.05) is 6.54 Å². The molecule has 0 aromatic heterocycles. The summed E-state index contributed by atoms with van der Waals surface area (Å²) < 4.78 is 0.616. The summed E-state index contributed by atoms with van der Waals surface area (Å²) in [5, 5.41) is 9.42. The molecule has 0 spiro atoms. The van der Waals surface area contributed by atoms with Gasteiger partial charge in [0.25, 0.3) is 5.91 Å². The molecule has 0 unspecified atom stereocenters. The van der Waals surface area contributed by atoms with Gasteiger partial charge in [-0.25, -0.2) is 0 Å². The van der Waals surface area contributed by atoms with E-state index in [1.165, 1.54) is 11.8 Å². The lowest BCUT2D eigenvalue weighted by atomic mass is 10.2. The van der Waals surface area contributed by atoms with Gasteiger partial charge < -0.3 is 5.11 Å². The highest BCUT2D eigenvalue weighted by molar-refractivity contribution is 8.26. The van der Waals surface area contributed by atoms with Crippen molar-refractivity contribution in [3.8, 4) is 5.75 Å². The van der Waals surface area contributed by atoms with Crippen molar-refractivity contribution in [3.63, 3.8) is 0 Å². The molecule has 1 aromatic rings. The molecule has 1 heterocycles. The molecule has 5 heteroatoms. The summed E-state index contributed by atoms with van der Waals surface area (Å²) in [5.41, 5.74) is 0.802. The number of unbranched alkanes of at least 4 members (excludes halogenated alkanes) is 1. The number of phenols is 1. The Balaban J connectivity index is 2.18. The van der Waals surface area contributed by atoms with E-state index in [-0.39, 0.29) is 11.7 Å². The number of phenolic OH excluding ortho intramolecular Hbond substituents is 1. The fraction of sp³-hybridized carbons (Fsp3) is 0.286. The third-order valence-electron chi connectivity index (χ3n) is 2.78. The molecule has 0 radical (unpaired) electrons. The van der Waals surface area contributed by atoms with Crippen molar-refractivity contribution >= 4 is 40.3 Å². The van der Waals surface area contributed by atoms with Gasteiger partial charge in [-0.1, -0.05) is 49.5 Å².